The van der Waals surface area contributed by atoms with Crippen molar-refractivity contribution in [3.8, 4) is 0 Å². The molecular weight excluding hydrogens is 424 g/mol. The van der Waals surface area contributed by atoms with E-state index < -0.39 is 0 Å². The molecule has 0 atom stereocenters. The summed E-state index contributed by atoms with van der Waals surface area (Å²) in [6, 6.07) is 16.2. The standard InChI is InChI=1S/C27H32N6O/c1-4-20-19-28-27(29-22-10-12-23(13-11-22)33-16-14-32(3)15-17-33)31-26(20)30-25-9-7-6-8-21(25)18-24(34)5-2/h5-13,19H,2,4,14-18H2,1,3H3,(H2,28,29,30,31). The molecule has 2 aromatic carbocycles. The van der Waals surface area contributed by atoms with Crippen molar-refractivity contribution >= 4 is 34.6 Å². The van der Waals surface area contributed by atoms with Crippen LogP contribution in [0.1, 0.15) is 18.1 Å². The van der Waals surface area contributed by atoms with Crippen LogP contribution in [0.3, 0.4) is 0 Å². The van der Waals surface area contributed by atoms with E-state index in [9.17, 15) is 4.79 Å². The second-order valence-electron chi connectivity index (χ2n) is 8.51. The van der Waals surface area contributed by atoms with E-state index in [2.05, 4.69) is 70.2 Å². The molecule has 0 spiro atoms. The summed E-state index contributed by atoms with van der Waals surface area (Å²) < 4.78 is 0. The van der Waals surface area contributed by atoms with E-state index in [1.807, 2.05) is 30.5 Å². The smallest absolute Gasteiger partial charge is 0.229 e. The lowest BCUT2D eigenvalue weighted by molar-refractivity contribution is -0.114. The molecule has 2 heterocycles. The van der Waals surface area contributed by atoms with Crippen molar-refractivity contribution in [1.82, 2.24) is 14.9 Å². The summed E-state index contributed by atoms with van der Waals surface area (Å²) >= 11 is 0. The lowest BCUT2D eigenvalue weighted by Gasteiger charge is -2.34. The largest absolute Gasteiger partial charge is 0.369 e. The molecule has 0 radical (unpaired) electrons. The van der Waals surface area contributed by atoms with Gasteiger partial charge in [-0.25, -0.2) is 4.98 Å². The number of anilines is 5. The van der Waals surface area contributed by atoms with Gasteiger partial charge >= 0.3 is 0 Å². The van der Waals surface area contributed by atoms with Crippen LogP contribution >= 0.6 is 0 Å². The molecule has 1 saturated heterocycles. The van der Waals surface area contributed by atoms with Gasteiger partial charge in [-0.3, -0.25) is 4.79 Å². The highest BCUT2D eigenvalue weighted by Gasteiger charge is 2.14. The minimum absolute atomic E-state index is 0.0185. The first-order valence-corrected chi connectivity index (χ1v) is 11.7. The number of allylic oxidation sites excluding steroid dienone is 1. The maximum atomic E-state index is 11.9. The number of piperazine rings is 1. The number of aryl methyl sites for hydroxylation is 1. The van der Waals surface area contributed by atoms with E-state index in [0.717, 1.165) is 60.9 Å². The normalized spacial score (nSPS) is 14.0. The van der Waals surface area contributed by atoms with Crippen molar-refractivity contribution < 1.29 is 4.79 Å². The zero-order chi connectivity index (χ0) is 23.9. The summed E-state index contributed by atoms with van der Waals surface area (Å²) in [7, 11) is 2.16. The number of benzene rings is 2. The lowest BCUT2D eigenvalue weighted by atomic mass is 10.1. The van der Waals surface area contributed by atoms with Crippen molar-refractivity contribution in [2.75, 3.05) is 48.8 Å². The number of para-hydroxylation sites is 1. The number of rotatable bonds is 9. The third-order valence-corrected chi connectivity index (χ3v) is 6.10. The van der Waals surface area contributed by atoms with E-state index in [0.29, 0.717) is 12.4 Å². The molecule has 3 aromatic rings. The monoisotopic (exact) mass is 456 g/mol. The molecular formula is C27H32N6O. The fourth-order valence-electron chi connectivity index (χ4n) is 3.97. The van der Waals surface area contributed by atoms with Gasteiger partial charge < -0.3 is 20.4 Å². The van der Waals surface area contributed by atoms with E-state index >= 15 is 0 Å². The zero-order valence-electron chi connectivity index (χ0n) is 19.9. The molecule has 1 aliphatic rings. The molecule has 7 nitrogen and oxygen atoms in total. The maximum Gasteiger partial charge on any atom is 0.229 e. The summed E-state index contributed by atoms with van der Waals surface area (Å²) in [5.41, 5.74) is 4.93. The van der Waals surface area contributed by atoms with E-state index in [1.54, 1.807) is 0 Å². The Hall–Kier alpha value is -3.71. The molecule has 0 bridgehead atoms. The quantitative estimate of drug-likeness (QED) is 0.457. The SMILES string of the molecule is C=CC(=O)Cc1ccccc1Nc1nc(Nc2ccc(N3CCN(C)CC3)cc2)ncc1CC. The van der Waals surface area contributed by atoms with Crippen LogP contribution in [-0.4, -0.2) is 53.9 Å². The predicted molar refractivity (Wildman–Crippen MR) is 139 cm³/mol. The Morgan fingerprint density at radius 3 is 2.47 bits per heavy atom. The van der Waals surface area contributed by atoms with Gasteiger partial charge in [0.1, 0.15) is 5.82 Å². The van der Waals surface area contributed by atoms with Crippen LogP contribution in [-0.2, 0) is 17.6 Å². The molecule has 0 amide bonds. The van der Waals surface area contributed by atoms with Gasteiger partial charge in [0.25, 0.3) is 0 Å². The second-order valence-corrected chi connectivity index (χ2v) is 8.51. The van der Waals surface area contributed by atoms with Gasteiger partial charge in [-0.1, -0.05) is 31.7 Å². The minimum Gasteiger partial charge on any atom is -0.369 e. The summed E-state index contributed by atoms with van der Waals surface area (Å²) in [6.07, 6.45) is 4.28. The number of carbonyl (C=O) groups is 1. The fraction of sp³-hybridized carbons (Fsp3) is 0.296. The van der Waals surface area contributed by atoms with Crippen molar-refractivity contribution in [2.24, 2.45) is 0 Å². The Morgan fingerprint density at radius 2 is 1.76 bits per heavy atom. The van der Waals surface area contributed by atoms with Gasteiger partial charge in [0.2, 0.25) is 5.95 Å². The average Bonchev–Trinajstić information content (AvgIpc) is 2.86. The van der Waals surface area contributed by atoms with Crippen molar-refractivity contribution in [1.29, 1.82) is 0 Å². The van der Waals surface area contributed by atoms with Gasteiger partial charge in [-0.15, -0.1) is 0 Å². The number of nitrogens with one attached hydrogen (secondary N) is 2. The molecule has 34 heavy (non-hydrogen) atoms. The van der Waals surface area contributed by atoms with Gasteiger partial charge in [0.15, 0.2) is 5.78 Å². The van der Waals surface area contributed by atoms with Gasteiger partial charge in [0.05, 0.1) is 0 Å². The number of aromatic nitrogens is 2. The Labute approximate surface area is 201 Å². The second kappa shape index (κ2) is 10.9. The van der Waals surface area contributed by atoms with E-state index in [4.69, 9.17) is 4.98 Å². The Morgan fingerprint density at radius 1 is 1.03 bits per heavy atom. The first-order valence-electron chi connectivity index (χ1n) is 11.7. The van der Waals surface area contributed by atoms with Crippen LogP contribution < -0.4 is 15.5 Å². The van der Waals surface area contributed by atoms with Crippen LogP contribution in [0.5, 0.6) is 0 Å². The van der Waals surface area contributed by atoms with Crippen LogP contribution in [0.2, 0.25) is 0 Å². The molecule has 1 aliphatic heterocycles. The molecule has 176 valence electrons. The number of nitrogens with zero attached hydrogens (tertiary/aromatic N) is 4. The first-order chi connectivity index (χ1) is 16.6. The molecule has 2 N–H and O–H groups in total. The summed E-state index contributed by atoms with van der Waals surface area (Å²) in [5.74, 6) is 1.23. The highest BCUT2D eigenvalue weighted by atomic mass is 16.1. The van der Waals surface area contributed by atoms with E-state index in [1.165, 1.54) is 11.8 Å². The molecule has 0 saturated carbocycles. The van der Waals surface area contributed by atoms with Crippen LogP contribution in [0, 0.1) is 0 Å². The van der Waals surface area contributed by atoms with Crippen molar-refractivity contribution in [3.05, 3.63) is 78.5 Å². The van der Waals surface area contributed by atoms with Gasteiger partial charge in [-0.2, -0.15) is 4.98 Å². The number of hydrogen-bond acceptors (Lipinski definition) is 7. The van der Waals surface area contributed by atoms with Gasteiger partial charge in [-0.05, 0) is 55.4 Å². The topological polar surface area (TPSA) is 73.4 Å². The van der Waals surface area contributed by atoms with E-state index in [-0.39, 0.29) is 5.78 Å². The number of ketones is 1. The van der Waals surface area contributed by atoms with Crippen LogP contribution in [0.25, 0.3) is 0 Å². The third kappa shape index (κ3) is 5.80. The Kier molecular flexibility index (Phi) is 7.54. The Balaban J connectivity index is 1.50. The number of likely N-dealkylation sites (N-methyl/N-ethyl adjacent to an activating group) is 1. The Bertz CT molecular complexity index is 1140. The third-order valence-electron chi connectivity index (χ3n) is 6.10. The van der Waals surface area contributed by atoms with Gasteiger partial charge in [0, 0.05) is 61.4 Å². The number of hydrogen-bond donors (Lipinski definition) is 2. The molecule has 0 unspecified atom stereocenters. The highest BCUT2D eigenvalue weighted by molar-refractivity contribution is 5.92. The molecule has 1 fully saturated rings. The molecule has 7 heteroatoms. The molecule has 1 aromatic heterocycles. The molecule has 0 aliphatic carbocycles. The highest BCUT2D eigenvalue weighted by Crippen LogP contribution is 2.26. The number of carbonyl (C=O) groups excluding carboxylic acids is 1. The summed E-state index contributed by atoms with van der Waals surface area (Å²) in [4.78, 5) is 25.9. The van der Waals surface area contributed by atoms with Crippen molar-refractivity contribution in [3.63, 3.8) is 0 Å². The zero-order valence-corrected chi connectivity index (χ0v) is 19.9. The first kappa shape index (κ1) is 23.4. The van der Waals surface area contributed by atoms with Crippen LogP contribution in [0.15, 0.2) is 67.4 Å². The fourth-order valence-corrected chi connectivity index (χ4v) is 3.97. The average molecular weight is 457 g/mol. The van der Waals surface area contributed by atoms with Crippen molar-refractivity contribution in [2.45, 2.75) is 19.8 Å². The lowest BCUT2D eigenvalue weighted by Crippen LogP contribution is -2.44. The van der Waals surface area contributed by atoms with Crippen LogP contribution in [0.4, 0.5) is 28.8 Å². The summed E-state index contributed by atoms with van der Waals surface area (Å²) in [6.45, 7) is 9.90. The maximum absolute atomic E-state index is 11.9. The predicted octanol–water partition coefficient (Wildman–Crippen LogP) is 4.58. The minimum atomic E-state index is -0.0185. The summed E-state index contributed by atoms with van der Waals surface area (Å²) in [5, 5.41) is 6.73. The molecule has 4 rings (SSSR count).